The fraction of sp³-hybridized carbons (Fsp3) is 1.00. The van der Waals surface area contributed by atoms with E-state index in [0.717, 1.165) is 0 Å². The van der Waals surface area contributed by atoms with Gasteiger partial charge < -0.3 is 0 Å². The van der Waals surface area contributed by atoms with Crippen molar-refractivity contribution in [1.29, 1.82) is 0 Å². The van der Waals surface area contributed by atoms with Crippen molar-refractivity contribution < 1.29 is 43.9 Å². The third-order valence-corrected chi connectivity index (χ3v) is 24.3. The third kappa shape index (κ3) is 23.3. The summed E-state index contributed by atoms with van der Waals surface area (Å²) in [5, 5.41) is 0. The zero-order valence-electron chi connectivity index (χ0n) is 63.2. The summed E-state index contributed by atoms with van der Waals surface area (Å²) >= 11 is 0. The van der Waals surface area contributed by atoms with Gasteiger partial charge >= 0.3 is 29.6 Å². The zero-order valence-corrected chi connectivity index (χ0v) is 63.2. The van der Waals surface area contributed by atoms with Gasteiger partial charge in [0.25, 0.3) is 0 Å². The molecule has 8 rings (SSSR count). The van der Waals surface area contributed by atoms with Crippen molar-refractivity contribution in [2.24, 2.45) is 75.8 Å². The van der Waals surface area contributed by atoms with Gasteiger partial charge in [-0.15, -0.1) is 0 Å². The average Bonchev–Trinajstić information content (AvgIpc) is 3.86. The van der Waals surface area contributed by atoms with Gasteiger partial charge in [-0.1, -0.05) is 283 Å². The second-order valence-electron chi connectivity index (χ2n) is 40.0. The summed E-state index contributed by atoms with van der Waals surface area (Å²) in [6.45, 7) is 61.9. The summed E-state index contributed by atoms with van der Waals surface area (Å²) in [6.07, 6.45) is 44.8. The molecule has 8 aliphatic rings. The molecule has 528 valence electrons. The van der Waals surface area contributed by atoms with E-state index in [9.17, 15) is 43.9 Å². The molecule has 88 heavy (non-hydrogen) atoms. The summed E-state index contributed by atoms with van der Waals surface area (Å²) in [4.78, 5) is 0. The summed E-state index contributed by atoms with van der Waals surface area (Å²) in [7, 11) is 0. The van der Waals surface area contributed by atoms with E-state index in [2.05, 4.69) is 180 Å². The average molecular weight is 1270 g/mol. The smallest absolute Gasteiger partial charge is 0.199 e. The van der Waals surface area contributed by atoms with E-state index in [4.69, 9.17) is 0 Å². The van der Waals surface area contributed by atoms with E-state index < -0.39 is 35.0 Å². The van der Waals surface area contributed by atoms with Crippen molar-refractivity contribution in [2.45, 2.75) is 423 Å². The summed E-state index contributed by atoms with van der Waals surface area (Å²) in [6, 6.07) is 0. The highest BCUT2D eigenvalue weighted by molar-refractivity contribution is 5.22. The zero-order chi connectivity index (χ0) is 69.4. The Bertz CT molecular complexity index is 1810. The highest BCUT2D eigenvalue weighted by atomic mass is 19.4. The molecule has 0 aromatic carbocycles. The molecule has 0 atom stereocenters. The number of alkyl halides is 10. The Morgan fingerprint density at radius 1 is 0.148 bits per heavy atom. The number of halogens is 10. The monoisotopic (exact) mass is 1270 g/mol. The summed E-state index contributed by atoms with van der Waals surface area (Å²) in [5.41, 5.74) is 3.10. The van der Waals surface area contributed by atoms with Crippen molar-refractivity contribution >= 4 is 0 Å². The Hall–Kier alpha value is -0.700. The van der Waals surface area contributed by atoms with Crippen molar-refractivity contribution in [3.8, 4) is 0 Å². The van der Waals surface area contributed by atoms with Crippen LogP contribution < -0.4 is 0 Å². The van der Waals surface area contributed by atoms with E-state index in [1.807, 2.05) is 0 Å². The predicted octanol–water partition coefficient (Wildman–Crippen LogP) is 29.6. The van der Waals surface area contributed by atoms with Gasteiger partial charge in [-0.05, 0) is 181 Å². The molecule has 0 N–H and O–H groups in total. The lowest BCUT2D eigenvalue weighted by atomic mass is 9.56. The van der Waals surface area contributed by atoms with Crippen LogP contribution in [0.5, 0.6) is 0 Å². The van der Waals surface area contributed by atoms with Crippen LogP contribution in [0.2, 0.25) is 0 Å². The number of hydrogen-bond donors (Lipinski definition) is 0. The minimum Gasteiger partial charge on any atom is -0.199 e. The van der Waals surface area contributed by atoms with Crippen molar-refractivity contribution in [3.63, 3.8) is 0 Å². The minimum atomic E-state index is -6.87. The van der Waals surface area contributed by atoms with Gasteiger partial charge in [0.2, 0.25) is 0 Å². The van der Waals surface area contributed by atoms with Crippen LogP contribution >= 0.6 is 0 Å². The first-order valence-electron chi connectivity index (χ1n) is 35.7. The first-order chi connectivity index (χ1) is 38.8. The number of hydrogen-bond acceptors (Lipinski definition) is 0. The molecule has 0 heterocycles. The van der Waals surface area contributed by atoms with E-state index in [0.29, 0.717) is 70.4 Å². The van der Waals surface area contributed by atoms with Crippen LogP contribution in [0, 0.1) is 75.8 Å². The van der Waals surface area contributed by atoms with Gasteiger partial charge in [-0.25, -0.2) is 0 Å². The van der Waals surface area contributed by atoms with Crippen molar-refractivity contribution in [1.82, 2.24) is 0 Å². The minimum absolute atomic E-state index is 0.315. The van der Waals surface area contributed by atoms with E-state index >= 15 is 0 Å². The molecule has 8 fully saturated rings. The molecular weight excluding hydrogens is 1130 g/mol. The Balaban J connectivity index is 0.000000510. The van der Waals surface area contributed by atoms with Crippen LogP contribution in [-0.2, 0) is 0 Å². The Morgan fingerprint density at radius 2 is 0.307 bits per heavy atom. The fourth-order valence-electron chi connectivity index (χ4n) is 17.5. The normalized spacial score (nSPS) is 30.5. The quantitative estimate of drug-likeness (QED) is 0.212. The van der Waals surface area contributed by atoms with E-state index in [-0.39, 0.29) is 13.8 Å². The third-order valence-electron chi connectivity index (χ3n) is 24.3. The van der Waals surface area contributed by atoms with E-state index in [1.165, 1.54) is 199 Å². The lowest BCUT2D eigenvalue weighted by molar-refractivity contribution is -0.482. The Morgan fingerprint density at radius 3 is 0.466 bits per heavy atom. The molecule has 8 aliphatic carbocycles. The lowest BCUT2D eigenvalue weighted by Gasteiger charge is -2.53. The predicted molar refractivity (Wildman–Crippen MR) is 361 cm³/mol. The standard InChI is InChI=1S/C12H24.3C11H22.C10H20.C8H6F10.C8H16.C7H14/c1-10(2)7-11(3,4)9-12(5,6)8-10;1-9(2)7-10(3,4)11(5,6)8-9;1-9(2)7-8-10(3,4)11(9,5)6;1-11(2)9-7-5-3-4-6-8-10-11;1-10(2)8-6-4-3-5-7-9-10;1-3(2)4(9,10)6(13,14)8(17,18)7(15,16)5(3,11)12;1-8(2)6-4-3-5-7-8;1-7(2)5-3-4-6-7/h7-9H2,1-6H3;2*7-8H2,1-6H3;3-10H2,1-2H3;3-9H2,1-2H3;1-2H3;3-7H2,1-2H3;3-6H2,1-2H3. The van der Waals surface area contributed by atoms with Gasteiger partial charge in [0.05, 0.1) is 0 Å². The lowest BCUT2D eigenvalue weighted by Crippen LogP contribution is -2.80. The molecule has 10 heteroatoms. The molecular formula is C78H146F10. The van der Waals surface area contributed by atoms with Gasteiger partial charge in [0.15, 0.2) is 0 Å². The molecule has 0 spiro atoms. The molecule has 0 unspecified atom stereocenters. The Kier molecular flexibility index (Phi) is 29.2. The maximum absolute atomic E-state index is 13.1. The van der Waals surface area contributed by atoms with Crippen LogP contribution in [0.1, 0.15) is 393 Å². The molecule has 0 amide bonds. The van der Waals surface area contributed by atoms with Crippen molar-refractivity contribution in [3.05, 3.63) is 0 Å². The topological polar surface area (TPSA) is 0 Å². The summed E-state index contributed by atoms with van der Waals surface area (Å²) in [5.74, 6) is -32.1. The van der Waals surface area contributed by atoms with Crippen LogP contribution in [-0.4, -0.2) is 29.6 Å². The van der Waals surface area contributed by atoms with Crippen LogP contribution in [0.15, 0.2) is 0 Å². The van der Waals surface area contributed by atoms with Crippen LogP contribution in [0.3, 0.4) is 0 Å². The molecule has 0 aromatic rings. The van der Waals surface area contributed by atoms with Gasteiger partial charge in [-0.3, -0.25) is 0 Å². The molecule has 0 aliphatic heterocycles. The SMILES string of the molecule is CC1(C)C(F)(F)C(F)(F)C(F)(F)C(F)(F)C1(F)F.CC1(C)CC(C)(C)C(C)(C)C1.CC1(C)CC(C)(C)CC(C)(C)C1.CC1(C)CCC(C)(C)C1(C)C.CC1(C)CCCC1.CC1(C)CCCCC1.CC1(C)CCCCCCC1.CC1(C)CCCCCCCC1. The van der Waals surface area contributed by atoms with E-state index in [1.54, 1.807) is 0 Å². The van der Waals surface area contributed by atoms with Crippen LogP contribution in [0.4, 0.5) is 43.9 Å². The molecule has 0 aromatic heterocycles. The molecule has 0 nitrogen and oxygen atoms in total. The van der Waals surface area contributed by atoms with Gasteiger partial charge in [-0.2, -0.15) is 43.9 Å². The van der Waals surface area contributed by atoms with Gasteiger partial charge in [0.1, 0.15) is 5.41 Å². The fourth-order valence-corrected chi connectivity index (χ4v) is 17.5. The number of rotatable bonds is 0. The van der Waals surface area contributed by atoms with Crippen molar-refractivity contribution in [2.75, 3.05) is 0 Å². The second-order valence-corrected chi connectivity index (χ2v) is 40.0. The highest BCUT2D eigenvalue weighted by Crippen LogP contribution is 2.71. The second kappa shape index (κ2) is 30.2. The largest absolute Gasteiger partial charge is 0.384 e. The highest BCUT2D eigenvalue weighted by Gasteiger charge is 2.97. The summed E-state index contributed by atoms with van der Waals surface area (Å²) < 4.78 is 129. The van der Waals surface area contributed by atoms with Gasteiger partial charge in [0, 0.05) is 0 Å². The first-order valence-corrected chi connectivity index (χ1v) is 35.7. The molecule has 0 bridgehead atoms. The molecule has 0 saturated heterocycles. The first kappa shape index (κ1) is 85.3. The molecule has 8 saturated carbocycles. The maximum atomic E-state index is 13.1. The van der Waals surface area contributed by atoms with Crippen LogP contribution in [0.25, 0.3) is 0 Å². The Labute approximate surface area is 539 Å². The maximum Gasteiger partial charge on any atom is 0.384 e. The molecule has 0 radical (unpaired) electrons.